The maximum atomic E-state index is 9.31. The summed E-state index contributed by atoms with van der Waals surface area (Å²) in [5.74, 6) is 0. The summed E-state index contributed by atoms with van der Waals surface area (Å²) < 4.78 is 2.11. The summed E-state index contributed by atoms with van der Waals surface area (Å²) in [6.07, 6.45) is 2.04. The molecule has 0 saturated carbocycles. The zero-order chi connectivity index (χ0) is 13.2. The first-order chi connectivity index (χ1) is 9.29. The van der Waals surface area contributed by atoms with Crippen molar-refractivity contribution in [1.29, 1.82) is 0 Å². The Morgan fingerprint density at radius 1 is 1.37 bits per heavy atom. The number of fused-ring (bicyclic) bond motifs is 1. The largest absolute Gasteiger partial charge is 0.392 e. The quantitative estimate of drug-likeness (QED) is 0.768. The molecule has 0 unspecified atom stereocenters. The fourth-order valence-electron chi connectivity index (χ4n) is 2.16. The molecule has 2 N–H and O–H groups in total. The molecule has 0 aliphatic heterocycles. The molecule has 0 fully saturated rings. The molecule has 5 heteroatoms. The van der Waals surface area contributed by atoms with Crippen molar-refractivity contribution in [3.63, 3.8) is 0 Å². The van der Waals surface area contributed by atoms with E-state index in [2.05, 4.69) is 14.7 Å². The average molecular weight is 273 g/mol. The van der Waals surface area contributed by atoms with E-state index in [0.29, 0.717) is 6.54 Å². The summed E-state index contributed by atoms with van der Waals surface area (Å²) in [6.45, 7) is 2.76. The molecule has 0 aliphatic rings. The lowest BCUT2D eigenvalue weighted by molar-refractivity contribution is 0.282. The minimum atomic E-state index is 0.0441. The van der Waals surface area contributed by atoms with Crippen molar-refractivity contribution in [1.82, 2.24) is 9.38 Å². The molecule has 98 valence electrons. The van der Waals surface area contributed by atoms with E-state index in [0.717, 1.165) is 27.6 Å². The predicted molar refractivity (Wildman–Crippen MR) is 77.5 cm³/mol. The molecule has 0 radical (unpaired) electrons. The number of hydrogen-bond acceptors (Lipinski definition) is 4. The van der Waals surface area contributed by atoms with Gasteiger partial charge in [0, 0.05) is 22.8 Å². The van der Waals surface area contributed by atoms with Crippen LogP contribution in [0.5, 0.6) is 0 Å². The van der Waals surface area contributed by atoms with Gasteiger partial charge in [-0.1, -0.05) is 18.2 Å². The molecule has 3 aromatic rings. The van der Waals surface area contributed by atoms with Crippen LogP contribution in [-0.4, -0.2) is 14.5 Å². The number of anilines is 1. The van der Waals surface area contributed by atoms with Crippen molar-refractivity contribution >= 4 is 22.0 Å². The highest BCUT2D eigenvalue weighted by molar-refractivity contribution is 7.15. The third-order valence-corrected chi connectivity index (χ3v) is 3.95. The molecule has 2 aromatic heterocycles. The molecule has 2 heterocycles. The standard InChI is InChI=1S/C14H15N3OS/c1-10-13(17-6-7-19-14(17)16-10)8-15-12-5-3-2-4-11(12)9-18/h2-7,15,18H,8-9H2,1H3. The van der Waals surface area contributed by atoms with Crippen LogP contribution in [0.4, 0.5) is 5.69 Å². The number of hydrogen-bond donors (Lipinski definition) is 2. The van der Waals surface area contributed by atoms with Crippen LogP contribution in [0, 0.1) is 6.92 Å². The highest BCUT2D eigenvalue weighted by Crippen LogP contribution is 2.20. The Kier molecular flexibility index (Phi) is 3.23. The first-order valence-electron chi connectivity index (χ1n) is 6.13. The van der Waals surface area contributed by atoms with E-state index in [1.807, 2.05) is 42.8 Å². The summed E-state index contributed by atoms with van der Waals surface area (Å²) >= 11 is 1.64. The summed E-state index contributed by atoms with van der Waals surface area (Å²) in [5, 5.41) is 14.7. The van der Waals surface area contributed by atoms with Crippen LogP contribution in [0.3, 0.4) is 0 Å². The molecule has 0 aliphatic carbocycles. The van der Waals surface area contributed by atoms with Crippen LogP contribution in [0.15, 0.2) is 35.8 Å². The number of thiazole rings is 1. The Labute approximate surface area is 115 Å². The Balaban J connectivity index is 1.86. The number of para-hydroxylation sites is 1. The minimum absolute atomic E-state index is 0.0441. The van der Waals surface area contributed by atoms with Gasteiger partial charge in [-0.2, -0.15) is 0 Å². The van der Waals surface area contributed by atoms with E-state index in [4.69, 9.17) is 0 Å². The van der Waals surface area contributed by atoms with E-state index in [1.54, 1.807) is 11.3 Å². The molecule has 0 amide bonds. The monoisotopic (exact) mass is 273 g/mol. The van der Waals surface area contributed by atoms with Crippen LogP contribution in [0.1, 0.15) is 17.0 Å². The maximum Gasteiger partial charge on any atom is 0.194 e. The molecule has 0 saturated heterocycles. The topological polar surface area (TPSA) is 49.6 Å². The van der Waals surface area contributed by atoms with Gasteiger partial charge in [-0.3, -0.25) is 4.40 Å². The highest BCUT2D eigenvalue weighted by Gasteiger charge is 2.09. The number of nitrogens with one attached hydrogen (secondary N) is 1. The van der Waals surface area contributed by atoms with Crippen LogP contribution >= 0.6 is 11.3 Å². The van der Waals surface area contributed by atoms with Crippen molar-refractivity contribution in [2.45, 2.75) is 20.1 Å². The molecule has 19 heavy (non-hydrogen) atoms. The van der Waals surface area contributed by atoms with E-state index >= 15 is 0 Å². The fraction of sp³-hybridized carbons (Fsp3) is 0.214. The van der Waals surface area contributed by atoms with Crippen LogP contribution in [0.25, 0.3) is 4.96 Å². The normalized spacial score (nSPS) is 11.1. The van der Waals surface area contributed by atoms with Gasteiger partial charge in [0.05, 0.1) is 24.5 Å². The molecule has 3 rings (SSSR count). The first kappa shape index (κ1) is 12.2. The zero-order valence-corrected chi connectivity index (χ0v) is 11.4. The molecule has 0 atom stereocenters. The summed E-state index contributed by atoms with van der Waals surface area (Å²) in [5.41, 5.74) is 4.07. The smallest absolute Gasteiger partial charge is 0.194 e. The minimum Gasteiger partial charge on any atom is -0.392 e. The molecule has 4 nitrogen and oxygen atoms in total. The number of aromatic nitrogens is 2. The van der Waals surface area contributed by atoms with Crippen molar-refractivity contribution in [3.05, 3.63) is 52.8 Å². The van der Waals surface area contributed by atoms with E-state index in [-0.39, 0.29) is 6.61 Å². The lowest BCUT2D eigenvalue weighted by atomic mass is 10.2. The van der Waals surface area contributed by atoms with E-state index in [1.165, 1.54) is 0 Å². The van der Waals surface area contributed by atoms with Gasteiger partial charge in [-0.15, -0.1) is 11.3 Å². The van der Waals surface area contributed by atoms with Gasteiger partial charge in [-0.05, 0) is 13.0 Å². The van der Waals surface area contributed by atoms with Crippen molar-refractivity contribution in [2.24, 2.45) is 0 Å². The van der Waals surface area contributed by atoms with E-state index in [9.17, 15) is 5.11 Å². The van der Waals surface area contributed by atoms with Gasteiger partial charge in [0.1, 0.15) is 0 Å². The Morgan fingerprint density at radius 2 is 2.21 bits per heavy atom. The second-order valence-electron chi connectivity index (χ2n) is 4.37. The predicted octanol–water partition coefficient (Wildman–Crippen LogP) is 2.81. The number of aliphatic hydroxyl groups is 1. The highest BCUT2D eigenvalue weighted by atomic mass is 32.1. The molecular formula is C14H15N3OS. The Bertz CT molecular complexity index is 702. The summed E-state index contributed by atoms with van der Waals surface area (Å²) in [7, 11) is 0. The van der Waals surface area contributed by atoms with Gasteiger partial charge in [-0.25, -0.2) is 4.98 Å². The van der Waals surface area contributed by atoms with Gasteiger partial charge >= 0.3 is 0 Å². The third-order valence-electron chi connectivity index (χ3n) is 3.20. The second-order valence-corrected chi connectivity index (χ2v) is 5.24. The van der Waals surface area contributed by atoms with Gasteiger partial charge in [0.15, 0.2) is 4.96 Å². The molecule has 0 bridgehead atoms. The molecule has 1 aromatic carbocycles. The number of imidazole rings is 1. The van der Waals surface area contributed by atoms with Crippen molar-refractivity contribution < 1.29 is 5.11 Å². The Morgan fingerprint density at radius 3 is 3.05 bits per heavy atom. The second kappa shape index (κ2) is 5.03. The third kappa shape index (κ3) is 2.22. The lowest BCUT2D eigenvalue weighted by Gasteiger charge is -2.10. The lowest BCUT2D eigenvalue weighted by Crippen LogP contribution is -2.05. The van der Waals surface area contributed by atoms with Gasteiger partial charge in [0.2, 0.25) is 0 Å². The number of rotatable bonds is 4. The van der Waals surface area contributed by atoms with Gasteiger partial charge in [0.25, 0.3) is 0 Å². The maximum absolute atomic E-state index is 9.31. The van der Waals surface area contributed by atoms with Crippen molar-refractivity contribution in [3.8, 4) is 0 Å². The average Bonchev–Trinajstić information content (AvgIpc) is 2.98. The number of aliphatic hydroxyl groups excluding tert-OH is 1. The first-order valence-corrected chi connectivity index (χ1v) is 7.01. The SMILES string of the molecule is Cc1nc2sccn2c1CNc1ccccc1CO. The number of nitrogens with zero attached hydrogens (tertiary/aromatic N) is 2. The van der Waals surface area contributed by atoms with Crippen LogP contribution in [0.2, 0.25) is 0 Å². The van der Waals surface area contributed by atoms with Crippen molar-refractivity contribution in [2.75, 3.05) is 5.32 Å². The molecular weight excluding hydrogens is 258 g/mol. The number of benzene rings is 1. The van der Waals surface area contributed by atoms with Crippen LogP contribution < -0.4 is 5.32 Å². The summed E-state index contributed by atoms with van der Waals surface area (Å²) in [6, 6.07) is 7.79. The zero-order valence-electron chi connectivity index (χ0n) is 10.6. The van der Waals surface area contributed by atoms with E-state index < -0.39 is 0 Å². The van der Waals surface area contributed by atoms with Gasteiger partial charge < -0.3 is 10.4 Å². The number of aryl methyl sites for hydroxylation is 1. The van der Waals surface area contributed by atoms with Crippen LogP contribution in [-0.2, 0) is 13.2 Å². The fourth-order valence-corrected chi connectivity index (χ4v) is 2.94. The summed E-state index contributed by atoms with van der Waals surface area (Å²) in [4.78, 5) is 5.54. The Hall–Kier alpha value is -1.85. The molecule has 0 spiro atoms.